The molecule has 2 N–H and O–H groups in total. The molecule has 2 aliphatic rings. The van der Waals surface area contributed by atoms with E-state index < -0.39 is 0 Å². The summed E-state index contributed by atoms with van der Waals surface area (Å²) < 4.78 is 4.87. The van der Waals surface area contributed by atoms with Gasteiger partial charge >= 0.3 is 5.97 Å². The number of guanidine groups is 1. The fourth-order valence-corrected chi connectivity index (χ4v) is 3.25. The Morgan fingerprint density at radius 2 is 1.88 bits per heavy atom. The molecule has 0 radical (unpaired) electrons. The maximum Gasteiger partial charge on any atom is 0.310 e. The fourth-order valence-electron chi connectivity index (χ4n) is 3.25. The highest BCUT2D eigenvalue weighted by Crippen LogP contribution is 2.26. The molecule has 0 spiro atoms. The Hall–Kier alpha value is -1.06. The molecule has 2 unspecified atom stereocenters. The van der Waals surface area contributed by atoms with Crippen LogP contribution in [0.4, 0.5) is 0 Å². The molecule has 8 heteroatoms. The zero-order valence-electron chi connectivity index (χ0n) is 15.4. The summed E-state index contributed by atoms with van der Waals surface area (Å²) in [5, 5.41) is 6.30. The van der Waals surface area contributed by atoms with Crippen LogP contribution >= 0.6 is 24.0 Å². The summed E-state index contributed by atoms with van der Waals surface area (Å²) in [5.41, 5.74) is 0. The van der Waals surface area contributed by atoms with Crippen LogP contribution < -0.4 is 10.6 Å². The number of hydrogen-bond acceptors (Lipinski definition) is 4. The van der Waals surface area contributed by atoms with E-state index in [0.717, 1.165) is 38.3 Å². The zero-order valence-corrected chi connectivity index (χ0v) is 17.7. The van der Waals surface area contributed by atoms with Gasteiger partial charge in [0.1, 0.15) is 0 Å². The van der Waals surface area contributed by atoms with Crippen molar-refractivity contribution in [2.24, 2.45) is 22.7 Å². The zero-order chi connectivity index (χ0) is 17.5. The minimum atomic E-state index is -0.154. The number of likely N-dealkylation sites (tertiary alicyclic amines) is 1. The number of nitrogens with one attached hydrogen (secondary N) is 2. The van der Waals surface area contributed by atoms with Crippen LogP contribution in [-0.2, 0) is 14.3 Å². The van der Waals surface area contributed by atoms with Gasteiger partial charge in [-0.25, -0.2) is 0 Å². The van der Waals surface area contributed by atoms with Gasteiger partial charge in [-0.3, -0.25) is 14.6 Å². The van der Waals surface area contributed by atoms with Gasteiger partial charge in [0.05, 0.1) is 13.0 Å². The molecule has 2 fully saturated rings. The van der Waals surface area contributed by atoms with E-state index in [1.54, 1.807) is 7.05 Å². The second-order valence-corrected chi connectivity index (χ2v) is 6.76. The van der Waals surface area contributed by atoms with Crippen LogP contribution in [0.3, 0.4) is 0 Å². The Morgan fingerprint density at radius 3 is 2.44 bits per heavy atom. The Kier molecular flexibility index (Phi) is 9.52. The molecule has 1 aliphatic heterocycles. The third-order valence-corrected chi connectivity index (χ3v) is 5.04. The van der Waals surface area contributed by atoms with E-state index in [2.05, 4.69) is 27.4 Å². The highest BCUT2D eigenvalue weighted by atomic mass is 127. The number of hydrogen-bond donors (Lipinski definition) is 2. The molecule has 2 rings (SSSR count). The largest absolute Gasteiger partial charge is 0.469 e. The summed E-state index contributed by atoms with van der Waals surface area (Å²) >= 11 is 0. The molecule has 1 aliphatic carbocycles. The average molecular weight is 466 g/mol. The first-order valence-corrected chi connectivity index (χ1v) is 8.88. The smallest absolute Gasteiger partial charge is 0.310 e. The molecule has 1 saturated heterocycles. The molecule has 1 saturated carbocycles. The lowest BCUT2D eigenvalue weighted by Gasteiger charge is -2.24. The van der Waals surface area contributed by atoms with Crippen LogP contribution in [0, 0.1) is 17.8 Å². The molecule has 0 aromatic carbocycles. The van der Waals surface area contributed by atoms with Crippen LogP contribution in [0.25, 0.3) is 0 Å². The van der Waals surface area contributed by atoms with Gasteiger partial charge in [0, 0.05) is 39.1 Å². The second kappa shape index (κ2) is 10.8. The lowest BCUT2D eigenvalue weighted by molar-refractivity contribution is -0.146. The predicted molar refractivity (Wildman–Crippen MR) is 108 cm³/mol. The van der Waals surface area contributed by atoms with Gasteiger partial charge in [0.15, 0.2) is 5.96 Å². The minimum Gasteiger partial charge on any atom is -0.469 e. The van der Waals surface area contributed by atoms with Gasteiger partial charge in [-0.2, -0.15) is 0 Å². The van der Waals surface area contributed by atoms with Crippen molar-refractivity contribution in [2.75, 3.05) is 40.3 Å². The van der Waals surface area contributed by atoms with Crippen molar-refractivity contribution < 1.29 is 14.3 Å². The van der Waals surface area contributed by atoms with Crippen molar-refractivity contribution in [3.8, 4) is 0 Å². The molecule has 2 atom stereocenters. The number of carbonyl (C=O) groups excluding carboxylic acids is 2. The van der Waals surface area contributed by atoms with Crippen molar-refractivity contribution >= 4 is 41.8 Å². The molecule has 7 nitrogen and oxygen atoms in total. The number of halogens is 1. The number of ether oxygens (including phenoxy) is 1. The SMILES string of the molecule is CN=C(NCCCNC(=O)C1CCC1)N1CC(C)C(C(=O)OC)C1.I. The van der Waals surface area contributed by atoms with Gasteiger partial charge < -0.3 is 20.3 Å². The number of methoxy groups -OCH3 is 1. The third kappa shape index (κ3) is 6.00. The summed E-state index contributed by atoms with van der Waals surface area (Å²) in [7, 11) is 3.18. The van der Waals surface area contributed by atoms with Gasteiger partial charge in [-0.1, -0.05) is 13.3 Å². The number of nitrogens with zero attached hydrogens (tertiary/aromatic N) is 2. The van der Waals surface area contributed by atoms with E-state index in [4.69, 9.17) is 4.74 Å². The van der Waals surface area contributed by atoms with Gasteiger partial charge in [-0.05, 0) is 25.2 Å². The maximum atomic E-state index is 11.8. The monoisotopic (exact) mass is 466 g/mol. The van der Waals surface area contributed by atoms with E-state index in [1.165, 1.54) is 13.5 Å². The molecule has 1 heterocycles. The van der Waals surface area contributed by atoms with Crippen molar-refractivity contribution in [1.29, 1.82) is 0 Å². The first kappa shape index (κ1) is 22.0. The summed E-state index contributed by atoms with van der Waals surface area (Å²) in [4.78, 5) is 29.9. The Balaban J connectivity index is 0.00000312. The molecule has 25 heavy (non-hydrogen) atoms. The number of aliphatic imine (C=N–C) groups is 1. The predicted octanol–water partition coefficient (Wildman–Crippen LogP) is 1.23. The average Bonchev–Trinajstić information content (AvgIpc) is 2.90. The summed E-state index contributed by atoms with van der Waals surface area (Å²) in [5.74, 6) is 1.23. The van der Waals surface area contributed by atoms with E-state index in [0.29, 0.717) is 13.1 Å². The highest BCUT2D eigenvalue weighted by molar-refractivity contribution is 14.0. The Bertz CT molecular complexity index is 483. The van der Waals surface area contributed by atoms with E-state index >= 15 is 0 Å². The molecule has 0 bridgehead atoms. The molecule has 0 aromatic rings. The highest BCUT2D eigenvalue weighted by Gasteiger charge is 2.36. The normalized spacial score (nSPS) is 23.5. The lowest BCUT2D eigenvalue weighted by Crippen LogP contribution is -2.42. The van der Waals surface area contributed by atoms with Crippen molar-refractivity contribution in [3.63, 3.8) is 0 Å². The fraction of sp³-hybridized carbons (Fsp3) is 0.824. The number of rotatable bonds is 6. The molecule has 0 aromatic heterocycles. The maximum absolute atomic E-state index is 11.8. The number of carbonyl (C=O) groups is 2. The Labute approximate surface area is 167 Å². The summed E-state index contributed by atoms with van der Waals surface area (Å²) in [6.45, 7) is 4.90. The number of esters is 1. The van der Waals surface area contributed by atoms with Crippen molar-refractivity contribution in [3.05, 3.63) is 0 Å². The molecule has 1 amide bonds. The van der Waals surface area contributed by atoms with Crippen LogP contribution in [0.2, 0.25) is 0 Å². The summed E-state index contributed by atoms with van der Waals surface area (Å²) in [6, 6.07) is 0. The van der Waals surface area contributed by atoms with Crippen LogP contribution in [0.15, 0.2) is 4.99 Å². The van der Waals surface area contributed by atoms with Gasteiger partial charge in [0.25, 0.3) is 0 Å². The topological polar surface area (TPSA) is 83.0 Å². The van der Waals surface area contributed by atoms with Crippen LogP contribution in [0.1, 0.15) is 32.6 Å². The summed E-state index contributed by atoms with van der Waals surface area (Å²) in [6.07, 6.45) is 4.09. The van der Waals surface area contributed by atoms with Crippen LogP contribution in [0.5, 0.6) is 0 Å². The first-order chi connectivity index (χ1) is 11.6. The third-order valence-electron chi connectivity index (χ3n) is 5.04. The quantitative estimate of drug-likeness (QED) is 0.202. The second-order valence-electron chi connectivity index (χ2n) is 6.76. The van der Waals surface area contributed by atoms with Crippen LogP contribution in [-0.4, -0.2) is 63.1 Å². The van der Waals surface area contributed by atoms with E-state index in [9.17, 15) is 9.59 Å². The minimum absolute atomic E-state index is 0. The van der Waals surface area contributed by atoms with Gasteiger partial charge in [0.2, 0.25) is 5.91 Å². The molecular weight excluding hydrogens is 435 g/mol. The number of amides is 1. The molecule has 144 valence electrons. The van der Waals surface area contributed by atoms with E-state index in [-0.39, 0.29) is 53.6 Å². The van der Waals surface area contributed by atoms with Crippen molar-refractivity contribution in [1.82, 2.24) is 15.5 Å². The molecular formula is C17H31IN4O3. The lowest BCUT2D eigenvalue weighted by atomic mass is 9.85. The van der Waals surface area contributed by atoms with Gasteiger partial charge in [-0.15, -0.1) is 24.0 Å². The van der Waals surface area contributed by atoms with Crippen molar-refractivity contribution in [2.45, 2.75) is 32.6 Å². The standard InChI is InChI=1S/C17H30N4O3.HI/c1-12-10-21(11-14(12)16(23)24-3)17(18-2)20-9-5-8-19-15(22)13-6-4-7-13;/h12-14H,4-11H2,1-3H3,(H,18,20)(H,19,22);1H. The first-order valence-electron chi connectivity index (χ1n) is 8.88. The van der Waals surface area contributed by atoms with E-state index in [1.807, 2.05) is 0 Å². The Morgan fingerprint density at radius 1 is 1.20 bits per heavy atom.